The molecule has 0 aromatic heterocycles. The Morgan fingerprint density at radius 3 is 1.52 bits per heavy atom. The van der Waals surface area contributed by atoms with Crippen molar-refractivity contribution >= 4 is 95.7 Å². The molecule has 0 aliphatic carbocycles. The van der Waals surface area contributed by atoms with Crippen molar-refractivity contribution in [1.29, 1.82) is 0 Å². The lowest BCUT2D eigenvalue weighted by Crippen LogP contribution is -2.02. The number of aromatic hydroxyl groups is 2. The summed E-state index contributed by atoms with van der Waals surface area (Å²) in [6, 6.07) is 7.83. The largest absolute Gasteiger partial charge is 0.505 e. The second kappa shape index (κ2) is 11.9. The normalized spacial score (nSPS) is 13.0. The van der Waals surface area contributed by atoms with E-state index in [1.165, 1.54) is 25.1 Å². The Kier molecular flexibility index (Phi) is 9.03. The van der Waals surface area contributed by atoms with Gasteiger partial charge in [-0.1, -0.05) is 37.9 Å². The minimum absolute atomic E-state index is 0.156. The number of hydrogen-bond acceptors (Lipinski definition) is 12. The van der Waals surface area contributed by atoms with Gasteiger partial charge in [-0.15, -0.1) is 15.3 Å². The molecule has 20 heteroatoms. The highest BCUT2D eigenvalue weighted by molar-refractivity contribution is 9.11. The summed E-state index contributed by atoms with van der Waals surface area (Å²) in [5.74, 6) is -2.27. The van der Waals surface area contributed by atoms with Crippen LogP contribution in [0.3, 0.4) is 0 Å². The minimum atomic E-state index is -5.25. The van der Waals surface area contributed by atoms with E-state index in [2.05, 4.69) is 52.3 Å². The number of phenols is 2. The molecule has 0 heterocycles. The van der Waals surface area contributed by atoms with Crippen LogP contribution in [0.25, 0.3) is 10.8 Å². The van der Waals surface area contributed by atoms with Gasteiger partial charge in [-0.2, -0.15) is 30.4 Å². The van der Waals surface area contributed by atoms with Crippen molar-refractivity contribution in [3.8, 4) is 11.5 Å². The van der Waals surface area contributed by atoms with Crippen molar-refractivity contribution in [2.45, 2.75) is 28.5 Å². The molecule has 0 saturated carbocycles. The van der Waals surface area contributed by atoms with Gasteiger partial charge in [-0.3, -0.25) is 13.7 Å². The number of rotatable bonds is 7. The second-order valence-electron chi connectivity index (χ2n) is 9.07. The summed E-state index contributed by atoms with van der Waals surface area (Å²) >= 11 is 6.64. The minimum Gasteiger partial charge on any atom is -0.505 e. The zero-order valence-corrected chi connectivity index (χ0v) is 27.6. The van der Waals surface area contributed by atoms with Crippen molar-refractivity contribution in [3.05, 3.63) is 62.5 Å². The van der Waals surface area contributed by atoms with Crippen molar-refractivity contribution in [1.82, 2.24) is 0 Å². The highest BCUT2D eigenvalue weighted by Gasteiger charge is 2.29. The van der Waals surface area contributed by atoms with Crippen molar-refractivity contribution in [3.63, 3.8) is 0 Å². The standard InChI is InChI=1S/C24H18Br2N4O11S3/c1-10-3-4-16(17(5-10)42(33,34)35)28-30-22-19(44(39,40)41)7-12-6-18(43(36,37)38)21(23(31)20(12)24(22)32)29-27-13-8-14(25)11(2)15(26)9-13/h3-9,31-32H,1-2H3,(H,33,34,35)(H,36,37,38)(H,39,40,41). The maximum absolute atomic E-state index is 12.2. The zero-order chi connectivity index (χ0) is 32.9. The summed E-state index contributed by atoms with van der Waals surface area (Å²) in [4.78, 5) is -2.90. The van der Waals surface area contributed by atoms with Crippen molar-refractivity contribution < 1.29 is 49.1 Å². The molecule has 15 nitrogen and oxygen atoms in total. The Bertz CT molecular complexity index is 2250. The monoisotopic (exact) mass is 792 g/mol. The Morgan fingerprint density at radius 2 is 1.07 bits per heavy atom. The van der Waals surface area contributed by atoms with Gasteiger partial charge in [0.05, 0.1) is 11.1 Å². The predicted molar refractivity (Wildman–Crippen MR) is 163 cm³/mol. The third-order valence-electron chi connectivity index (χ3n) is 5.99. The first-order valence-electron chi connectivity index (χ1n) is 11.6. The van der Waals surface area contributed by atoms with Crippen LogP contribution in [0.5, 0.6) is 11.5 Å². The third-order valence-corrected chi connectivity index (χ3v) is 10.3. The first-order chi connectivity index (χ1) is 20.2. The molecule has 0 aliphatic rings. The summed E-state index contributed by atoms with van der Waals surface area (Å²) in [5, 5.41) is 35.8. The molecule has 0 saturated heterocycles. The molecule has 0 bridgehead atoms. The Hall–Kier alpha value is -3.37. The lowest BCUT2D eigenvalue weighted by molar-refractivity contribution is 0.458. The molecule has 0 aliphatic heterocycles. The summed E-state index contributed by atoms with van der Waals surface area (Å²) in [6.07, 6.45) is 0. The molecule has 0 atom stereocenters. The van der Waals surface area contributed by atoms with Crippen LogP contribution in [0.1, 0.15) is 11.1 Å². The van der Waals surface area contributed by atoms with E-state index in [0.29, 0.717) is 26.6 Å². The summed E-state index contributed by atoms with van der Waals surface area (Å²) < 4.78 is 103. The molecule has 0 radical (unpaired) electrons. The number of aryl methyl sites for hydroxylation is 1. The number of phenolic OH excluding ortho intramolecular Hbond substituents is 2. The average molecular weight is 794 g/mol. The number of benzene rings is 4. The van der Waals surface area contributed by atoms with Gasteiger partial charge in [0, 0.05) is 8.95 Å². The summed E-state index contributed by atoms with van der Waals surface area (Å²) in [7, 11) is -15.3. The van der Waals surface area contributed by atoms with Gasteiger partial charge in [0.15, 0.2) is 11.5 Å². The Labute approximate surface area is 266 Å². The lowest BCUT2D eigenvalue weighted by atomic mass is 10.1. The number of halogens is 2. The zero-order valence-electron chi connectivity index (χ0n) is 22.0. The molecule has 44 heavy (non-hydrogen) atoms. The number of azo groups is 2. The van der Waals surface area contributed by atoms with Gasteiger partial charge < -0.3 is 10.2 Å². The second-order valence-corrected chi connectivity index (χ2v) is 15.0. The molecule has 0 spiro atoms. The van der Waals surface area contributed by atoms with Crippen LogP contribution in [0, 0.1) is 13.8 Å². The van der Waals surface area contributed by atoms with Crippen LogP contribution < -0.4 is 0 Å². The molecular formula is C24H18Br2N4O11S3. The quantitative estimate of drug-likeness (QED) is 0.0944. The molecular weight excluding hydrogens is 776 g/mol. The van der Waals surface area contributed by atoms with Crippen molar-refractivity contribution in [2.75, 3.05) is 0 Å². The number of nitrogens with zero attached hydrogens (tertiary/aromatic N) is 4. The van der Waals surface area contributed by atoms with E-state index >= 15 is 0 Å². The average Bonchev–Trinajstić information content (AvgIpc) is 2.89. The summed E-state index contributed by atoms with van der Waals surface area (Å²) in [6.45, 7) is 3.29. The third kappa shape index (κ3) is 6.81. The lowest BCUT2D eigenvalue weighted by Gasteiger charge is -2.13. The molecule has 4 rings (SSSR count). The molecule has 4 aromatic carbocycles. The fourth-order valence-electron chi connectivity index (χ4n) is 3.86. The number of hydrogen-bond donors (Lipinski definition) is 5. The molecule has 0 unspecified atom stereocenters. The molecule has 4 aromatic rings. The highest BCUT2D eigenvalue weighted by atomic mass is 79.9. The topological polar surface area (TPSA) is 253 Å². The first-order valence-corrected chi connectivity index (χ1v) is 17.5. The van der Waals surface area contributed by atoms with Crippen LogP contribution in [0.2, 0.25) is 0 Å². The van der Waals surface area contributed by atoms with E-state index in [0.717, 1.165) is 17.7 Å². The molecule has 0 amide bonds. The Morgan fingerprint density at radius 1 is 0.614 bits per heavy atom. The van der Waals surface area contributed by atoms with E-state index in [1.807, 2.05) is 0 Å². The van der Waals surface area contributed by atoms with Crippen molar-refractivity contribution in [2.24, 2.45) is 20.5 Å². The van der Waals surface area contributed by atoms with E-state index in [4.69, 9.17) is 0 Å². The smallest absolute Gasteiger partial charge is 0.296 e. The SMILES string of the molecule is Cc1ccc(N=Nc2c(S(=O)(=O)O)cc3cc(S(=O)(=O)O)c(N=Nc4cc(Br)c(C)c(Br)c4)c(O)c3c2O)c(S(=O)(=O)O)c1. The fraction of sp³-hybridized carbons (Fsp3) is 0.0833. The van der Waals surface area contributed by atoms with Crippen LogP contribution in [0.4, 0.5) is 22.7 Å². The van der Waals surface area contributed by atoms with Crippen LogP contribution in [0.15, 0.2) is 86.6 Å². The first kappa shape index (κ1) is 33.5. The Balaban J connectivity index is 2.05. The van der Waals surface area contributed by atoms with Gasteiger partial charge in [0.1, 0.15) is 31.7 Å². The predicted octanol–water partition coefficient (Wildman–Crippen LogP) is 6.96. The van der Waals surface area contributed by atoms with E-state index in [-0.39, 0.29) is 5.69 Å². The highest BCUT2D eigenvalue weighted by Crippen LogP contribution is 2.50. The van der Waals surface area contributed by atoms with Crippen LogP contribution >= 0.6 is 31.9 Å². The fourth-order valence-corrected chi connectivity index (χ4v) is 7.05. The van der Waals surface area contributed by atoms with E-state index < -0.39 is 84.4 Å². The van der Waals surface area contributed by atoms with Gasteiger partial charge in [-0.05, 0) is 66.8 Å². The van der Waals surface area contributed by atoms with Gasteiger partial charge in [0.25, 0.3) is 30.4 Å². The van der Waals surface area contributed by atoms with Gasteiger partial charge >= 0.3 is 0 Å². The van der Waals surface area contributed by atoms with E-state index in [9.17, 15) is 49.1 Å². The number of fused-ring (bicyclic) bond motifs is 1. The molecule has 0 fully saturated rings. The van der Waals surface area contributed by atoms with Crippen LogP contribution in [-0.4, -0.2) is 49.1 Å². The van der Waals surface area contributed by atoms with Gasteiger partial charge in [0.2, 0.25) is 0 Å². The van der Waals surface area contributed by atoms with Crippen LogP contribution in [-0.2, 0) is 30.4 Å². The van der Waals surface area contributed by atoms with E-state index in [1.54, 1.807) is 6.92 Å². The maximum atomic E-state index is 12.2. The summed E-state index contributed by atoms with van der Waals surface area (Å²) in [5.41, 5.74) is -1.01. The maximum Gasteiger partial charge on any atom is 0.296 e. The molecule has 232 valence electrons. The molecule has 5 N–H and O–H groups in total. The van der Waals surface area contributed by atoms with Gasteiger partial charge in [-0.25, -0.2) is 0 Å².